The third-order valence-electron chi connectivity index (χ3n) is 7.23. The molecule has 0 N–H and O–H groups in total. The molecule has 0 radical (unpaired) electrons. The lowest BCUT2D eigenvalue weighted by molar-refractivity contribution is -0.128. The monoisotopic (exact) mass is 574 g/mol. The van der Waals surface area contributed by atoms with E-state index in [0.717, 1.165) is 11.8 Å². The fourth-order valence-electron chi connectivity index (χ4n) is 5.26. The Morgan fingerprint density at radius 1 is 1.22 bits per heavy atom. The van der Waals surface area contributed by atoms with Crippen LogP contribution in [0.25, 0.3) is 33.5 Å². The Morgan fingerprint density at radius 3 is 2.66 bits per heavy atom. The lowest BCUT2D eigenvalue weighted by Gasteiger charge is -2.40. The fraction of sp³-hybridized carbons (Fsp3) is 0.310. The van der Waals surface area contributed by atoms with Crippen LogP contribution >= 0.6 is 11.6 Å². The van der Waals surface area contributed by atoms with E-state index in [2.05, 4.69) is 14.8 Å². The molecule has 1 aliphatic rings. The molecule has 1 saturated heterocycles. The second-order valence-corrected chi connectivity index (χ2v) is 10.7. The molecule has 4 aromatic rings. The van der Waals surface area contributed by atoms with Crippen LogP contribution in [0, 0.1) is 12.7 Å². The van der Waals surface area contributed by atoms with Crippen molar-refractivity contribution in [2.75, 3.05) is 24.5 Å². The smallest absolute Gasteiger partial charge is 0.355 e. The van der Waals surface area contributed by atoms with Crippen molar-refractivity contribution >= 4 is 40.6 Å². The predicted octanol–water partition coefficient (Wildman–Crippen LogP) is 4.40. The highest BCUT2D eigenvalue weighted by Crippen LogP contribution is 2.36. The minimum atomic E-state index is -0.571. The van der Waals surface area contributed by atoms with Gasteiger partial charge in [-0.3, -0.25) is 9.78 Å². The predicted molar refractivity (Wildman–Crippen MR) is 155 cm³/mol. The average molecular weight is 575 g/mol. The molecule has 0 saturated carbocycles. The van der Waals surface area contributed by atoms with Gasteiger partial charge in [0.1, 0.15) is 11.6 Å². The van der Waals surface area contributed by atoms with Crippen LogP contribution in [0.5, 0.6) is 0 Å². The van der Waals surface area contributed by atoms with Crippen molar-refractivity contribution in [2.45, 2.75) is 39.7 Å². The van der Waals surface area contributed by atoms with Crippen molar-refractivity contribution in [2.24, 2.45) is 0 Å². The van der Waals surface area contributed by atoms with Crippen molar-refractivity contribution in [3.05, 3.63) is 80.7 Å². The van der Waals surface area contributed by atoms with Gasteiger partial charge in [0, 0.05) is 37.4 Å². The molecule has 3 aromatic heterocycles. The molecule has 10 nitrogen and oxygen atoms in total. The molecule has 5 rings (SSSR count). The fourth-order valence-corrected chi connectivity index (χ4v) is 5.51. The van der Waals surface area contributed by atoms with Crippen molar-refractivity contribution in [3.8, 4) is 16.9 Å². The summed E-state index contributed by atoms with van der Waals surface area (Å²) in [6, 6.07) is 9.41. The highest BCUT2D eigenvalue weighted by molar-refractivity contribution is 6.34. The van der Waals surface area contributed by atoms with E-state index < -0.39 is 17.4 Å². The van der Waals surface area contributed by atoms with E-state index in [4.69, 9.17) is 22.1 Å². The normalized spacial score (nSPS) is 15.3. The van der Waals surface area contributed by atoms with Crippen molar-refractivity contribution in [3.63, 3.8) is 0 Å². The molecule has 0 bridgehead atoms. The maximum atomic E-state index is 14.9. The van der Waals surface area contributed by atoms with Crippen LogP contribution in [-0.4, -0.2) is 67.0 Å². The van der Waals surface area contributed by atoms with E-state index in [0.29, 0.717) is 42.2 Å². The first-order valence-electron chi connectivity index (χ1n) is 13.2. The molecule has 0 spiro atoms. The van der Waals surface area contributed by atoms with Gasteiger partial charge in [-0.25, -0.2) is 18.7 Å². The van der Waals surface area contributed by atoms with Gasteiger partial charge in [-0.15, -0.1) is 0 Å². The van der Waals surface area contributed by atoms with Gasteiger partial charge in [-0.2, -0.15) is 9.77 Å². The molecule has 0 aliphatic carbocycles. The number of rotatable bonds is 5. The molecule has 12 heteroatoms. The summed E-state index contributed by atoms with van der Waals surface area (Å²) < 4.78 is 16.3. The number of carbonyl (C=O) groups is 1. The minimum absolute atomic E-state index is 0.0158. The molecule has 210 valence electrons. The highest BCUT2D eigenvalue weighted by Gasteiger charge is 2.31. The molecule has 4 heterocycles. The number of pyridine rings is 2. The Hall–Kier alpha value is -4.47. The molecule has 1 atom stereocenters. The van der Waals surface area contributed by atoms with Crippen LogP contribution in [0.1, 0.15) is 37.9 Å². The Balaban J connectivity index is 1.79. The van der Waals surface area contributed by atoms with Crippen LogP contribution in [0.15, 0.2) is 47.4 Å². The quantitative estimate of drug-likeness (QED) is 0.198. The molecule has 41 heavy (non-hydrogen) atoms. The Kier molecular flexibility index (Phi) is 7.66. The highest BCUT2D eigenvalue weighted by atomic mass is 35.5. The molecule has 1 unspecified atom stereocenters. The summed E-state index contributed by atoms with van der Waals surface area (Å²) in [5.74, 6) is -0.567. The minimum Gasteiger partial charge on any atom is -0.361 e. The maximum Gasteiger partial charge on any atom is 0.355 e. The van der Waals surface area contributed by atoms with E-state index in [9.17, 15) is 14.0 Å². The third-order valence-corrected chi connectivity index (χ3v) is 7.52. The van der Waals surface area contributed by atoms with E-state index in [-0.39, 0.29) is 33.9 Å². The van der Waals surface area contributed by atoms with Crippen LogP contribution < -0.4 is 10.6 Å². The van der Waals surface area contributed by atoms with Gasteiger partial charge in [0.25, 0.3) is 0 Å². The molecule has 1 aliphatic heterocycles. The summed E-state index contributed by atoms with van der Waals surface area (Å²) in [5, 5.41) is 0.694. The molecule has 1 fully saturated rings. The summed E-state index contributed by atoms with van der Waals surface area (Å²) >= 11 is 6.74. The van der Waals surface area contributed by atoms with Crippen LogP contribution in [0.4, 0.5) is 10.2 Å². The summed E-state index contributed by atoms with van der Waals surface area (Å²) in [4.78, 5) is 46.4. The Labute approximate surface area is 240 Å². The number of fused-ring (bicyclic) bond motifs is 1. The lowest BCUT2D eigenvalue weighted by Crippen LogP contribution is -2.54. The van der Waals surface area contributed by atoms with Crippen molar-refractivity contribution < 1.29 is 14.0 Å². The van der Waals surface area contributed by atoms with Gasteiger partial charge in [0.15, 0.2) is 5.65 Å². The number of benzene rings is 1. The second kappa shape index (κ2) is 11.2. The summed E-state index contributed by atoms with van der Waals surface area (Å²) in [6.45, 7) is 8.74. The number of amides is 1. The summed E-state index contributed by atoms with van der Waals surface area (Å²) in [7, 11) is 0. The van der Waals surface area contributed by atoms with E-state index in [1.54, 1.807) is 35.4 Å². The molecular weight excluding hydrogens is 547 g/mol. The molecular formula is C29H28ClFN8O2. The second-order valence-electron chi connectivity index (χ2n) is 10.3. The summed E-state index contributed by atoms with van der Waals surface area (Å²) in [6.07, 6.45) is 2.55. The van der Waals surface area contributed by atoms with E-state index >= 15 is 0 Å². The number of carbonyl (C=O) groups excluding carboxylic acids is 1. The van der Waals surface area contributed by atoms with Crippen LogP contribution in [-0.2, 0) is 4.79 Å². The van der Waals surface area contributed by atoms with Gasteiger partial charge in [0.2, 0.25) is 0 Å². The van der Waals surface area contributed by atoms with Gasteiger partial charge in [-0.1, -0.05) is 37.6 Å². The number of anilines is 1. The number of piperazine rings is 1. The lowest BCUT2D eigenvalue weighted by atomic mass is 10.0. The van der Waals surface area contributed by atoms with Crippen LogP contribution in [0.3, 0.4) is 0 Å². The number of aryl methyl sites for hydroxylation is 1. The average Bonchev–Trinajstić information content (AvgIpc) is 2.93. The molecule has 1 amide bonds. The first-order valence-corrected chi connectivity index (χ1v) is 13.6. The number of hydrogen-bond acceptors (Lipinski definition) is 6. The van der Waals surface area contributed by atoms with Crippen LogP contribution in [0.2, 0.25) is 5.02 Å². The zero-order valence-corrected chi connectivity index (χ0v) is 23.8. The zero-order chi connectivity index (χ0) is 29.4. The summed E-state index contributed by atoms with van der Waals surface area (Å²) in [5.41, 5.74) is 10.9. The van der Waals surface area contributed by atoms with Gasteiger partial charge in [-0.05, 0) is 49.6 Å². The van der Waals surface area contributed by atoms with Crippen molar-refractivity contribution in [1.29, 1.82) is 0 Å². The first-order chi connectivity index (χ1) is 19.6. The zero-order valence-electron chi connectivity index (χ0n) is 23.0. The first kappa shape index (κ1) is 28.1. The Bertz CT molecular complexity index is 1780. The maximum absolute atomic E-state index is 14.9. The van der Waals surface area contributed by atoms with Gasteiger partial charge in [0.05, 0.1) is 27.5 Å². The van der Waals surface area contributed by atoms with Gasteiger partial charge < -0.3 is 15.3 Å². The molecule has 1 aromatic carbocycles. The van der Waals surface area contributed by atoms with E-state index in [1.165, 1.54) is 10.6 Å². The van der Waals surface area contributed by atoms with Crippen molar-refractivity contribution in [1.82, 2.24) is 24.4 Å². The number of nitrogens with zero attached hydrogens (tertiary/aromatic N) is 8. The standard InChI is InChI=1S/C29H28ClFN8O2/c1-16(2)24-26(17(3)9-10-33-24)39-28-20(13-21(30)25(35-28)19-7-5-6-8-22(19)31)27(36-29(39)41)38-12-11-37(15-18(38)4)23(40)14-34-32/h5-10,13-14,16,18H,11-12,15H2,1-4H3. The number of hydrogen-bond donors (Lipinski definition) is 0. The van der Waals surface area contributed by atoms with Gasteiger partial charge >= 0.3 is 17.8 Å². The van der Waals surface area contributed by atoms with E-state index in [1.807, 2.05) is 38.7 Å². The number of aromatic nitrogens is 4. The topological polar surface area (TPSA) is 121 Å². The largest absolute Gasteiger partial charge is 0.361 e. The Morgan fingerprint density at radius 2 is 1.98 bits per heavy atom. The SMILES string of the molecule is Cc1ccnc(C(C)C)c1-n1c(=O)nc(N2CCN(C(=O)C=[N+]=[N-])CC2C)c2cc(Cl)c(-c3ccccc3F)nc21. The number of halogens is 2. The third kappa shape index (κ3) is 5.10.